The van der Waals surface area contributed by atoms with Crippen molar-refractivity contribution >= 4 is 76.7 Å². The third-order valence-electron chi connectivity index (χ3n) is 11.4. The SMILES string of the molecule is N=C(C1=CC=CCC1)c1c(NCn2c3ccccc3c3ccc4c5ccccc5n(-c5ccccc5)c4c32)c2cc3ccccc3cc2n1-c1ccccc1. The fraction of sp³-hybridized carbons (Fsp3) is 0.0600. The lowest BCUT2D eigenvalue weighted by Crippen LogP contribution is -2.15. The van der Waals surface area contributed by atoms with Crippen LogP contribution in [0.4, 0.5) is 5.69 Å². The van der Waals surface area contributed by atoms with E-state index >= 15 is 0 Å². The first-order chi connectivity index (χ1) is 27.2. The van der Waals surface area contributed by atoms with Gasteiger partial charge in [-0.3, -0.25) is 5.41 Å². The van der Waals surface area contributed by atoms with Crippen molar-refractivity contribution in [3.05, 3.63) is 187 Å². The Balaban J connectivity index is 1.20. The van der Waals surface area contributed by atoms with Gasteiger partial charge in [0.2, 0.25) is 0 Å². The maximum absolute atomic E-state index is 9.90. The number of hydrogen-bond acceptors (Lipinski definition) is 2. The lowest BCUT2D eigenvalue weighted by Gasteiger charge is -2.18. The summed E-state index contributed by atoms with van der Waals surface area (Å²) in [7, 11) is 0. The monoisotopic (exact) mass is 707 g/mol. The van der Waals surface area contributed by atoms with E-state index in [2.05, 4.69) is 195 Å². The zero-order chi connectivity index (χ0) is 36.5. The van der Waals surface area contributed by atoms with Crippen LogP contribution in [-0.4, -0.2) is 19.4 Å². The van der Waals surface area contributed by atoms with Crippen molar-refractivity contribution in [1.29, 1.82) is 5.41 Å². The van der Waals surface area contributed by atoms with E-state index in [4.69, 9.17) is 0 Å². The standard InChI is InChI=1S/C50H37N5/c51-46(33-16-4-1-5-17-33)50-47(42-30-34-18-10-11-19-35(34)31-45(42)55(50)37-22-8-3-9-23-37)52-32-53-43-26-14-12-24-38(43)40-28-29-41-39-25-13-15-27-44(39)54(49(41)48(40)53)36-20-6-2-7-21-36/h1-4,6-16,18-31,51-52H,5,17,32H2. The highest BCUT2D eigenvalue weighted by Gasteiger charge is 2.26. The highest BCUT2D eigenvalue weighted by molar-refractivity contribution is 6.24. The van der Waals surface area contributed by atoms with E-state index in [1.807, 2.05) is 0 Å². The van der Waals surface area contributed by atoms with Crippen LogP contribution in [0, 0.1) is 5.41 Å². The summed E-state index contributed by atoms with van der Waals surface area (Å²) in [5.41, 5.74) is 11.4. The van der Waals surface area contributed by atoms with Crippen LogP contribution in [-0.2, 0) is 6.67 Å². The molecule has 0 atom stereocenters. The molecule has 262 valence electrons. The average molecular weight is 708 g/mol. The van der Waals surface area contributed by atoms with Crippen molar-refractivity contribution in [1.82, 2.24) is 13.7 Å². The molecule has 3 aromatic heterocycles. The van der Waals surface area contributed by atoms with Gasteiger partial charge in [0.1, 0.15) is 0 Å². The van der Waals surface area contributed by atoms with Crippen molar-refractivity contribution in [2.24, 2.45) is 0 Å². The number of nitrogens with zero attached hydrogens (tertiary/aromatic N) is 3. The zero-order valence-corrected chi connectivity index (χ0v) is 30.2. The molecule has 2 N–H and O–H groups in total. The van der Waals surface area contributed by atoms with E-state index in [-0.39, 0.29) is 0 Å². The minimum Gasteiger partial charge on any atom is -0.365 e. The molecule has 1 aliphatic rings. The molecule has 0 unspecified atom stereocenters. The molecule has 10 aromatic rings. The Bertz CT molecular complexity index is 3210. The summed E-state index contributed by atoms with van der Waals surface area (Å²) in [6.45, 7) is 0.499. The topological polar surface area (TPSA) is 50.7 Å². The van der Waals surface area contributed by atoms with Crippen LogP contribution in [0.1, 0.15) is 18.5 Å². The van der Waals surface area contributed by atoms with Crippen LogP contribution in [0.2, 0.25) is 0 Å². The summed E-state index contributed by atoms with van der Waals surface area (Å²) < 4.78 is 7.18. The Morgan fingerprint density at radius 3 is 1.85 bits per heavy atom. The molecule has 0 spiro atoms. The number of aromatic nitrogens is 3. The lowest BCUT2D eigenvalue weighted by molar-refractivity contribution is 0.842. The number of fused-ring (bicyclic) bond motifs is 9. The van der Waals surface area contributed by atoms with E-state index in [0.717, 1.165) is 57.6 Å². The first-order valence-electron chi connectivity index (χ1n) is 19.0. The molecule has 1 aliphatic carbocycles. The molecular formula is C50H37N5. The molecule has 5 nitrogen and oxygen atoms in total. The molecule has 0 fully saturated rings. The lowest BCUT2D eigenvalue weighted by atomic mass is 9.97. The Labute approximate surface area is 318 Å². The van der Waals surface area contributed by atoms with Gasteiger partial charge in [-0.05, 0) is 77.7 Å². The highest BCUT2D eigenvalue weighted by atomic mass is 15.2. The molecule has 0 aliphatic heterocycles. The number of hydrogen-bond donors (Lipinski definition) is 2. The summed E-state index contributed by atoms with van der Waals surface area (Å²) in [4.78, 5) is 0. The van der Waals surface area contributed by atoms with Crippen molar-refractivity contribution in [2.75, 3.05) is 5.32 Å². The molecule has 5 heteroatoms. The van der Waals surface area contributed by atoms with Gasteiger partial charge in [-0.15, -0.1) is 0 Å². The normalized spacial score (nSPS) is 13.1. The van der Waals surface area contributed by atoms with Crippen molar-refractivity contribution in [3.63, 3.8) is 0 Å². The van der Waals surface area contributed by atoms with Crippen LogP contribution >= 0.6 is 0 Å². The van der Waals surface area contributed by atoms with Gasteiger partial charge in [0, 0.05) is 38.3 Å². The summed E-state index contributed by atoms with van der Waals surface area (Å²) >= 11 is 0. The maximum Gasteiger partial charge on any atom is 0.0956 e. The van der Waals surface area contributed by atoms with Crippen molar-refractivity contribution < 1.29 is 0 Å². The molecular weight excluding hydrogens is 671 g/mol. The maximum atomic E-state index is 9.90. The third kappa shape index (κ3) is 4.83. The summed E-state index contributed by atoms with van der Waals surface area (Å²) in [6, 6.07) is 56.5. The van der Waals surface area contributed by atoms with Gasteiger partial charge in [-0.1, -0.05) is 127 Å². The van der Waals surface area contributed by atoms with E-state index in [1.54, 1.807) is 0 Å². The predicted molar refractivity (Wildman–Crippen MR) is 231 cm³/mol. The van der Waals surface area contributed by atoms with Crippen LogP contribution in [0.15, 0.2) is 182 Å². The highest BCUT2D eigenvalue weighted by Crippen LogP contribution is 2.42. The fourth-order valence-corrected chi connectivity index (χ4v) is 8.95. The fourth-order valence-electron chi connectivity index (χ4n) is 8.95. The molecule has 0 amide bonds. The molecule has 11 rings (SSSR count). The minimum atomic E-state index is 0.499. The number of allylic oxidation sites excluding steroid dienone is 4. The number of para-hydroxylation sites is 4. The van der Waals surface area contributed by atoms with E-state index in [9.17, 15) is 5.41 Å². The van der Waals surface area contributed by atoms with Gasteiger partial charge in [-0.25, -0.2) is 0 Å². The van der Waals surface area contributed by atoms with E-state index < -0.39 is 0 Å². The first-order valence-corrected chi connectivity index (χ1v) is 19.0. The van der Waals surface area contributed by atoms with Crippen LogP contribution in [0.25, 0.3) is 76.7 Å². The van der Waals surface area contributed by atoms with Crippen molar-refractivity contribution in [2.45, 2.75) is 19.5 Å². The minimum absolute atomic E-state index is 0.499. The predicted octanol–water partition coefficient (Wildman–Crippen LogP) is 12.7. The largest absolute Gasteiger partial charge is 0.365 e. The molecule has 3 heterocycles. The van der Waals surface area contributed by atoms with Gasteiger partial charge < -0.3 is 19.0 Å². The van der Waals surface area contributed by atoms with Gasteiger partial charge in [0.15, 0.2) is 0 Å². The molecule has 55 heavy (non-hydrogen) atoms. The van der Waals surface area contributed by atoms with Gasteiger partial charge in [0.25, 0.3) is 0 Å². The molecule has 0 bridgehead atoms. The number of nitrogens with one attached hydrogen (secondary N) is 2. The van der Waals surface area contributed by atoms with Crippen LogP contribution < -0.4 is 5.32 Å². The Kier molecular flexibility index (Phi) is 7.14. The molecule has 0 saturated heterocycles. The molecule has 0 saturated carbocycles. The van der Waals surface area contributed by atoms with Gasteiger partial charge in [0.05, 0.1) is 51.3 Å². The Morgan fingerprint density at radius 2 is 1.15 bits per heavy atom. The first kappa shape index (κ1) is 31.4. The summed E-state index contributed by atoms with van der Waals surface area (Å²) in [6.07, 6.45) is 8.17. The third-order valence-corrected chi connectivity index (χ3v) is 11.4. The number of rotatable bonds is 7. The second kappa shape index (κ2) is 12.5. The smallest absolute Gasteiger partial charge is 0.0956 e. The summed E-state index contributed by atoms with van der Waals surface area (Å²) in [5, 5.41) is 22.3. The molecule has 0 radical (unpaired) electrons. The van der Waals surface area contributed by atoms with Gasteiger partial charge in [-0.2, -0.15) is 0 Å². The number of anilines is 1. The van der Waals surface area contributed by atoms with Gasteiger partial charge >= 0.3 is 0 Å². The number of benzene rings is 7. The second-order valence-corrected chi connectivity index (χ2v) is 14.5. The van der Waals surface area contributed by atoms with E-state index in [1.165, 1.54) is 48.9 Å². The van der Waals surface area contributed by atoms with Crippen LogP contribution in [0.3, 0.4) is 0 Å². The average Bonchev–Trinajstić information content (AvgIpc) is 3.88. The zero-order valence-electron chi connectivity index (χ0n) is 30.2. The second-order valence-electron chi connectivity index (χ2n) is 14.5. The van der Waals surface area contributed by atoms with Crippen LogP contribution in [0.5, 0.6) is 0 Å². The summed E-state index contributed by atoms with van der Waals surface area (Å²) in [5.74, 6) is 0. The Hall–Kier alpha value is -7.11. The molecule has 7 aromatic carbocycles. The Morgan fingerprint density at radius 1 is 0.545 bits per heavy atom. The van der Waals surface area contributed by atoms with E-state index in [0.29, 0.717) is 12.4 Å². The van der Waals surface area contributed by atoms with Crippen molar-refractivity contribution in [3.8, 4) is 11.4 Å². The quantitative estimate of drug-likeness (QED) is 0.159.